The monoisotopic (exact) mass is 716 g/mol. The van der Waals surface area contributed by atoms with Gasteiger partial charge in [-0.05, 0) is 48.5 Å². The fraction of sp³-hybridized carbons (Fsp3) is 0. The van der Waals surface area contributed by atoms with Crippen molar-refractivity contribution >= 4 is 98.5 Å². The van der Waals surface area contributed by atoms with E-state index in [1.807, 2.05) is 24.3 Å². The lowest BCUT2D eigenvalue weighted by Gasteiger charge is -2.11. The average molecular weight is 717 g/mol. The number of furan rings is 2. The second-order valence-corrected chi connectivity index (χ2v) is 14.6. The minimum Gasteiger partial charge on any atom is -0.456 e. The highest BCUT2D eigenvalue weighted by atomic mass is 16.3. The third-order valence-electron chi connectivity index (χ3n) is 11.7. The van der Waals surface area contributed by atoms with Gasteiger partial charge in [-0.1, -0.05) is 97.1 Å². The zero-order chi connectivity index (χ0) is 36.2. The van der Waals surface area contributed by atoms with Gasteiger partial charge in [0.1, 0.15) is 22.3 Å². The van der Waals surface area contributed by atoms with Gasteiger partial charge in [-0.2, -0.15) is 9.97 Å². The molecule has 13 aromatic rings. The Labute approximate surface area is 315 Å². The fourth-order valence-corrected chi connectivity index (χ4v) is 9.30. The first-order chi connectivity index (χ1) is 27.7. The maximum absolute atomic E-state index is 6.35. The molecule has 0 unspecified atom stereocenters. The fourth-order valence-electron chi connectivity index (χ4n) is 9.30. The van der Waals surface area contributed by atoms with Gasteiger partial charge in [0.2, 0.25) is 11.9 Å². The van der Waals surface area contributed by atoms with E-state index in [2.05, 4.69) is 130 Å². The van der Waals surface area contributed by atoms with Crippen LogP contribution in [0, 0.1) is 0 Å². The Kier molecular flexibility index (Phi) is 5.12. The van der Waals surface area contributed by atoms with Crippen LogP contribution in [-0.4, -0.2) is 29.1 Å². The highest BCUT2D eigenvalue weighted by Crippen LogP contribution is 2.46. The quantitative estimate of drug-likeness (QED) is 0.177. The van der Waals surface area contributed by atoms with Gasteiger partial charge in [0.15, 0.2) is 5.65 Å². The third-order valence-corrected chi connectivity index (χ3v) is 11.7. The van der Waals surface area contributed by atoms with Crippen molar-refractivity contribution in [2.24, 2.45) is 0 Å². The summed E-state index contributed by atoms with van der Waals surface area (Å²) in [7, 11) is 0. The van der Waals surface area contributed by atoms with E-state index in [0.29, 0.717) is 17.5 Å². The normalized spacial score (nSPS) is 12.6. The largest absolute Gasteiger partial charge is 0.456 e. The van der Waals surface area contributed by atoms with E-state index in [9.17, 15) is 0 Å². The summed E-state index contributed by atoms with van der Waals surface area (Å²) in [5.74, 6) is 1.10. The van der Waals surface area contributed by atoms with E-state index in [-0.39, 0.29) is 0 Å². The van der Waals surface area contributed by atoms with E-state index < -0.39 is 0 Å². The molecular weight excluding hydrogens is 693 g/mol. The molecular formula is C48H24N6O2. The van der Waals surface area contributed by atoms with E-state index in [0.717, 1.165) is 115 Å². The molecule has 0 saturated carbocycles. The molecule has 8 heteroatoms. The average Bonchev–Trinajstić information content (AvgIpc) is 4.04. The van der Waals surface area contributed by atoms with Gasteiger partial charge < -0.3 is 8.83 Å². The maximum Gasteiger partial charge on any atom is 0.237 e. The summed E-state index contributed by atoms with van der Waals surface area (Å²) >= 11 is 0. The lowest BCUT2D eigenvalue weighted by Crippen LogP contribution is -2.06. The molecule has 14 rings (SSSR count). The van der Waals surface area contributed by atoms with Gasteiger partial charge in [0, 0.05) is 54.2 Å². The van der Waals surface area contributed by atoms with E-state index in [1.165, 1.54) is 0 Å². The van der Waals surface area contributed by atoms with Crippen LogP contribution >= 0.6 is 0 Å². The number of benzene rings is 7. The molecule has 0 aliphatic heterocycles. The van der Waals surface area contributed by atoms with Crippen LogP contribution in [0.4, 0.5) is 0 Å². The Morgan fingerprint density at radius 3 is 1.27 bits per heavy atom. The van der Waals surface area contributed by atoms with Gasteiger partial charge >= 0.3 is 0 Å². The van der Waals surface area contributed by atoms with Gasteiger partial charge in [-0.3, -0.25) is 9.13 Å². The molecule has 258 valence electrons. The molecule has 0 spiro atoms. The number of aromatic nitrogens is 6. The third kappa shape index (κ3) is 3.54. The summed E-state index contributed by atoms with van der Waals surface area (Å²) in [6.45, 7) is 0. The van der Waals surface area contributed by atoms with Crippen LogP contribution in [0.25, 0.3) is 133 Å². The first kappa shape index (κ1) is 28.6. The van der Waals surface area contributed by atoms with Crippen LogP contribution in [0.3, 0.4) is 0 Å². The molecule has 0 N–H and O–H groups in total. The second-order valence-electron chi connectivity index (χ2n) is 14.6. The molecule has 6 heterocycles. The predicted molar refractivity (Wildman–Crippen MR) is 223 cm³/mol. The van der Waals surface area contributed by atoms with Gasteiger partial charge in [-0.25, -0.2) is 9.97 Å². The Hall–Kier alpha value is -7.84. The van der Waals surface area contributed by atoms with Crippen LogP contribution in [0.15, 0.2) is 154 Å². The van der Waals surface area contributed by atoms with E-state index in [4.69, 9.17) is 28.8 Å². The smallest absolute Gasteiger partial charge is 0.237 e. The number of hydrogen-bond donors (Lipinski definition) is 0. The number of hydrogen-bond acceptors (Lipinski definition) is 6. The summed E-state index contributed by atoms with van der Waals surface area (Å²) in [6, 6.07) is 50.3. The van der Waals surface area contributed by atoms with Crippen molar-refractivity contribution in [3.8, 4) is 34.4 Å². The molecule has 0 amide bonds. The SMILES string of the molecule is c1ccc2c(c1)-c1nc(-n3c4ccccc4c4cc5oc6ccccc6c5cc43)nc3nc(-n4c5ccccc5c5cc6oc7ccccc7c6cc54)nc-2c13. The second kappa shape index (κ2) is 10.0. The molecule has 8 nitrogen and oxygen atoms in total. The molecule has 0 bridgehead atoms. The molecule has 6 aromatic heterocycles. The number of nitrogens with zero attached hydrogens (tertiary/aromatic N) is 6. The molecule has 0 atom stereocenters. The van der Waals surface area contributed by atoms with Crippen LogP contribution in [0.2, 0.25) is 0 Å². The standard InChI is InChI=1S/C48H24N6O2/c1-2-16-30-29(15-1)44-43-45(30)50-48(54-36-18-8-4-12-26(36)32-24-42-34(22-38(32)54)28-14-6-10-20-40(28)56-42)52-46(43)51-47(49-44)53-35-17-7-3-11-25(35)31-23-41-33(21-37(31)53)27-13-5-9-19-39(27)55-41/h1-24H. The summed E-state index contributed by atoms with van der Waals surface area (Å²) in [5.41, 5.74) is 11.7. The zero-order valence-corrected chi connectivity index (χ0v) is 29.4. The van der Waals surface area contributed by atoms with Crippen LogP contribution < -0.4 is 0 Å². The highest BCUT2D eigenvalue weighted by molar-refractivity contribution is 6.19. The topological polar surface area (TPSA) is 87.7 Å². The number of fused-ring (bicyclic) bond motifs is 15. The van der Waals surface area contributed by atoms with Crippen LogP contribution in [0.5, 0.6) is 0 Å². The zero-order valence-electron chi connectivity index (χ0n) is 29.4. The van der Waals surface area contributed by atoms with Crippen molar-refractivity contribution in [3.05, 3.63) is 146 Å². The molecule has 0 radical (unpaired) electrons. The maximum atomic E-state index is 6.35. The van der Waals surface area contributed by atoms with Gasteiger partial charge in [0.25, 0.3) is 0 Å². The Balaban J connectivity index is 1.10. The van der Waals surface area contributed by atoms with Crippen molar-refractivity contribution < 1.29 is 8.83 Å². The van der Waals surface area contributed by atoms with E-state index in [1.54, 1.807) is 0 Å². The summed E-state index contributed by atoms with van der Waals surface area (Å²) in [5, 5.41) is 9.42. The summed E-state index contributed by atoms with van der Waals surface area (Å²) in [4.78, 5) is 21.4. The first-order valence-electron chi connectivity index (χ1n) is 18.6. The van der Waals surface area contributed by atoms with E-state index >= 15 is 0 Å². The molecule has 0 saturated heterocycles. The van der Waals surface area contributed by atoms with Gasteiger partial charge in [0.05, 0.1) is 38.8 Å². The minimum atomic E-state index is 0.548. The Morgan fingerprint density at radius 2 is 0.768 bits per heavy atom. The van der Waals surface area contributed by atoms with Crippen LogP contribution in [-0.2, 0) is 0 Å². The summed E-state index contributed by atoms with van der Waals surface area (Å²) in [6.07, 6.45) is 0. The Bertz CT molecular complexity index is 3650. The lowest BCUT2D eigenvalue weighted by molar-refractivity contribution is 0.669. The van der Waals surface area contributed by atoms with Crippen LogP contribution in [0.1, 0.15) is 0 Å². The molecule has 7 aromatic carbocycles. The summed E-state index contributed by atoms with van der Waals surface area (Å²) < 4.78 is 17.0. The number of para-hydroxylation sites is 4. The Morgan fingerprint density at radius 1 is 0.339 bits per heavy atom. The molecule has 56 heavy (non-hydrogen) atoms. The molecule has 0 fully saturated rings. The lowest BCUT2D eigenvalue weighted by atomic mass is 10.1. The van der Waals surface area contributed by atoms with Crippen molar-refractivity contribution in [3.63, 3.8) is 0 Å². The van der Waals surface area contributed by atoms with Crippen molar-refractivity contribution in [1.29, 1.82) is 0 Å². The minimum absolute atomic E-state index is 0.548. The first-order valence-corrected chi connectivity index (χ1v) is 18.6. The molecule has 1 aliphatic rings. The predicted octanol–water partition coefficient (Wildman–Crippen LogP) is 12.1. The van der Waals surface area contributed by atoms with Crippen molar-refractivity contribution in [2.75, 3.05) is 0 Å². The van der Waals surface area contributed by atoms with Crippen molar-refractivity contribution in [2.45, 2.75) is 0 Å². The highest BCUT2D eigenvalue weighted by Gasteiger charge is 2.30. The molecule has 1 aliphatic carbocycles. The number of rotatable bonds is 2. The van der Waals surface area contributed by atoms with Crippen molar-refractivity contribution in [1.82, 2.24) is 29.1 Å². The van der Waals surface area contributed by atoms with Gasteiger partial charge in [-0.15, -0.1) is 0 Å².